The van der Waals surface area contributed by atoms with E-state index in [0.29, 0.717) is 11.1 Å². The summed E-state index contributed by atoms with van der Waals surface area (Å²) in [6.45, 7) is 7.95. The first-order chi connectivity index (χ1) is 13.3. The van der Waals surface area contributed by atoms with Gasteiger partial charge in [-0.25, -0.2) is 4.68 Å². The predicted octanol–water partition coefficient (Wildman–Crippen LogP) is 3.34. The molecule has 0 fully saturated rings. The van der Waals surface area contributed by atoms with Gasteiger partial charge in [-0.3, -0.25) is 9.59 Å². The van der Waals surface area contributed by atoms with Crippen LogP contribution in [0.3, 0.4) is 0 Å². The molecule has 28 heavy (non-hydrogen) atoms. The smallest absolute Gasteiger partial charge is 0.254 e. The lowest BCUT2D eigenvalue weighted by Crippen LogP contribution is -2.35. The van der Waals surface area contributed by atoms with Crippen LogP contribution in [0.15, 0.2) is 36.4 Å². The van der Waals surface area contributed by atoms with E-state index in [1.54, 1.807) is 19.2 Å². The predicted molar refractivity (Wildman–Crippen MR) is 109 cm³/mol. The Balaban J connectivity index is 1.70. The van der Waals surface area contributed by atoms with E-state index in [4.69, 9.17) is 0 Å². The van der Waals surface area contributed by atoms with Gasteiger partial charge in [-0.2, -0.15) is 0 Å². The van der Waals surface area contributed by atoms with Crippen molar-refractivity contribution in [2.45, 2.75) is 33.7 Å². The van der Waals surface area contributed by atoms with E-state index in [2.05, 4.69) is 15.6 Å². The summed E-state index contributed by atoms with van der Waals surface area (Å²) in [6.07, 6.45) is 0. The van der Waals surface area contributed by atoms with Gasteiger partial charge in [0.15, 0.2) is 0 Å². The van der Waals surface area contributed by atoms with Crippen LogP contribution >= 0.6 is 0 Å². The number of hydrogen-bond donors (Lipinski definition) is 1. The van der Waals surface area contributed by atoms with Gasteiger partial charge >= 0.3 is 0 Å². The van der Waals surface area contributed by atoms with Crippen molar-refractivity contribution < 1.29 is 9.59 Å². The third-order valence-corrected chi connectivity index (χ3v) is 4.59. The molecule has 1 heterocycles. The van der Waals surface area contributed by atoms with Crippen LogP contribution in [0.2, 0.25) is 0 Å². The average Bonchev–Trinajstić information content (AvgIpc) is 3.06. The molecule has 0 radical (unpaired) electrons. The van der Waals surface area contributed by atoms with Gasteiger partial charge in [0.25, 0.3) is 5.91 Å². The van der Waals surface area contributed by atoms with Gasteiger partial charge in [-0.05, 0) is 57.5 Å². The van der Waals surface area contributed by atoms with Crippen molar-refractivity contribution >= 4 is 28.5 Å². The lowest BCUT2D eigenvalue weighted by atomic mass is 10.1. The van der Waals surface area contributed by atoms with E-state index in [0.717, 1.165) is 22.3 Å². The van der Waals surface area contributed by atoms with Crippen molar-refractivity contribution in [2.75, 3.05) is 18.9 Å². The maximum absolute atomic E-state index is 12.7. The summed E-state index contributed by atoms with van der Waals surface area (Å²) in [5, 5.41) is 11.1. The summed E-state index contributed by atoms with van der Waals surface area (Å²) in [4.78, 5) is 26.5. The molecule has 0 spiro atoms. The Morgan fingerprint density at radius 1 is 1.14 bits per heavy atom. The molecule has 0 bridgehead atoms. The second kappa shape index (κ2) is 7.80. The molecule has 3 aromatic rings. The minimum atomic E-state index is -0.241. The molecule has 0 saturated heterocycles. The van der Waals surface area contributed by atoms with Gasteiger partial charge in [-0.15, -0.1) is 5.10 Å². The molecule has 2 amide bonds. The van der Waals surface area contributed by atoms with Crippen LogP contribution in [0.25, 0.3) is 11.0 Å². The number of fused-ring (bicyclic) bond motifs is 1. The van der Waals surface area contributed by atoms with Crippen LogP contribution < -0.4 is 5.32 Å². The number of aryl methyl sites for hydroxylation is 2. The summed E-state index contributed by atoms with van der Waals surface area (Å²) in [5.74, 6) is -0.480. The molecule has 3 rings (SSSR count). The van der Waals surface area contributed by atoms with E-state index in [9.17, 15) is 9.59 Å². The second-order valence-corrected chi connectivity index (χ2v) is 7.36. The van der Waals surface area contributed by atoms with Crippen LogP contribution in [0.1, 0.15) is 41.4 Å². The Labute approximate surface area is 164 Å². The zero-order chi connectivity index (χ0) is 20.4. The van der Waals surface area contributed by atoms with Crippen molar-refractivity contribution in [3.63, 3.8) is 0 Å². The Morgan fingerprint density at radius 2 is 1.89 bits per heavy atom. The fourth-order valence-corrected chi connectivity index (χ4v) is 3.11. The molecular weight excluding hydrogens is 354 g/mol. The number of nitrogens with zero attached hydrogens (tertiary/aromatic N) is 4. The molecule has 0 atom stereocenters. The summed E-state index contributed by atoms with van der Waals surface area (Å²) < 4.78 is 1.81. The van der Waals surface area contributed by atoms with Gasteiger partial charge in [0.05, 0.1) is 12.1 Å². The molecule has 0 aliphatic heterocycles. The van der Waals surface area contributed by atoms with Crippen LogP contribution in [0.4, 0.5) is 5.69 Å². The number of amides is 2. The normalized spacial score (nSPS) is 11.1. The Hall–Kier alpha value is -3.22. The number of benzene rings is 2. The molecule has 1 aromatic heterocycles. The van der Waals surface area contributed by atoms with Crippen LogP contribution in [-0.2, 0) is 4.79 Å². The standard InChI is InChI=1S/C21H25N5O2/c1-13(2)26-19-9-7-16(11-18(19)23-24-26)21(28)25(5)12-20(27)22-17-8-6-14(3)10-15(17)4/h6-11,13H,12H2,1-5H3,(H,22,27). The molecule has 1 N–H and O–H groups in total. The van der Waals surface area contributed by atoms with Gasteiger partial charge < -0.3 is 10.2 Å². The minimum Gasteiger partial charge on any atom is -0.332 e. The Bertz CT molecular complexity index is 1040. The zero-order valence-electron chi connectivity index (χ0n) is 16.9. The number of anilines is 1. The highest BCUT2D eigenvalue weighted by atomic mass is 16.2. The molecule has 146 valence electrons. The molecule has 7 heteroatoms. The molecule has 7 nitrogen and oxygen atoms in total. The lowest BCUT2D eigenvalue weighted by molar-refractivity contribution is -0.116. The number of carbonyl (C=O) groups excluding carboxylic acids is 2. The molecule has 0 unspecified atom stereocenters. The summed E-state index contributed by atoms with van der Waals surface area (Å²) in [6, 6.07) is 11.3. The highest BCUT2D eigenvalue weighted by Gasteiger charge is 2.17. The fraction of sp³-hybridized carbons (Fsp3) is 0.333. The van der Waals surface area contributed by atoms with E-state index in [1.165, 1.54) is 4.90 Å². The number of aromatic nitrogens is 3. The zero-order valence-corrected chi connectivity index (χ0v) is 16.9. The molecular formula is C21H25N5O2. The van der Waals surface area contributed by atoms with Crippen LogP contribution in [-0.4, -0.2) is 45.3 Å². The summed E-state index contributed by atoms with van der Waals surface area (Å²) in [5.41, 5.74) is 4.89. The third-order valence-electron chi connectivity index (χ3n) is 4.59. The average molecular weight is 379 g/mol. The van der Waals surface area contributed by atoms with E-state index in [1.807, 2.05) is 56.6 Å². The number of likely N-dealkylation sites (N-methyl/N-ethyl adjacent to an activating group) is 1. The summed E-state index contributed by atoms with van der Waals surface area (Å²) >= 11 is 0. The SMILES string of the molecule is Cc1ccc(NC(=O)CN(C)C(=O)c2ccc3c(c2)nnn3C(C)C)c(C)c1. The highest BCUT2D eigenvalue weighted by molar-refractivity contribution is 6.01. The van der Waals surface area contributed by atoms with Crippen molar-refractivity contribution in [3.05, 3.63) is 53.1 Å². The molecule has 0 aliphatic carbocycles. The highest BCUT2D eigenvalue weighted by Crippen LogP contribution is 2.18. The van der Waals surface area contributed by atoms with Crippen molar-refractivity contribution in [1.29, 1.82) is 0 Å². The lowest BCUT2D eigenvalue weighted by Gasteiger charge is -2.17. The van der Waals surface area contributed by atoms with Gasteiger partial charge in [-0.1, -0.05) is 22.9 Å². The first-order valence-corrected chi connectivity index (χ1v) is 9.24. The topological polar surface area (TPSA) is 80.1 Å². The van der Waals surface area contributed by atoms with Gasteiger partial charge in [0.1, 0.15) is 5.52 Å². The van der Waals surface area contributed by atoms with Crippen molar-refractivity contribution in [2.24, 2.45) is 0 Å². The fourth-order valence-electron chi connectivity index (χ4n) is 3.11. The number of hydrogen-bond acceptors (Lipinski definition) is 4. The van der Waals surface area contributed by atoms with Crippen LogP contribution in [0.5, 0.6) is 0 Å². The minimum absolute atomic E-state index is 0.0388. The largest absolute Gasteiger partial charge is 0.332 e. The van der Waals surface area contributed by atoms with Gasteiger partial charge in [0, 0.05) is 24.3 Å². The third kappa shape index (κ3) is 4.03. The van der Waals surface area contributed by atoms with Crippen LogP contribution in [0, 0.1) is 13.8 Å². The summed E-state index contributed by atoms with van der Waals surface area (Å²) in [7, 11) is 1.61. The number of rotatable bonds is 5. The second-order valence-electron chi connectivity index (χ2n) is 7.36. The quantitative estimate of drug-likeness (QED) is 0.737. The molecule has 2 aromatic carbocycles. The van der Waals surface area contributed by atoms with E-state index >= 15 is 0 Å². The number of carbonyl (C=O) groups is 2. The monoisotopic (exact) mass is 379 g/mol. The van der Waals surface area contributed by atoms with Crippen molar-refractivity contribution in [3.8, 4) is 0 Å². The Kier molecular flexibility index (Phi) is 5.44. The first-order valence-electron chi connectivity index (χ1n) is 9.24. The maximum Gasteiger partial charge on any atom is 0.254 e. The van der Waals surface area contributed by atoms with E-state index < -0.39 is 0 Å². The first kappa shape index (κ1) is 19.5. The molecule has 0 saturated carbocycles. The van der Waals surface area contributed by atoms with Crippen molar-refractivity contribution in [1.82, 2.24) is 19.9 Å². The Morgan fingerprint density at radius 3 is 2.57 bits per heavy atom. The maximum atomic E-state index is 12.7. The van der Waals surface area contributed by atoms with Gasteiger partial charge in [0.2, 0.25) is 5.91 Å². The van der Waals surface area contributed by atoms with E-state index in [-0.39, 0.29) is 24.4 Å². The molecule has 0 aliphatic rings. The number of nitrogens with one attached hydrogen (secondary N) is 1.